The molecule has 0 saturated heterocycles. The molecular formula is C22H34O2. The molecule has 24 heavy (non-hydrogen) atoms. The van der Waals surface area contributed by atoms with Gasteiger partial charge in [0, 0.05) is 0 Å². The smallest absolute Gasteiger partial charge is 0.118 e. The van der Waals surface area contributed by atoms with Gasteiger partial charge in [0.05, 0.1) is 12.7 Å². The predicted molar refractivity (Wildman–Crippen MR) is 99.4 cm³/mol. The number of aryl methyl sites for hydroxylation is 1. The van der Waals surface area contributed by atoms with Gasteiger partial charge in [0.2, 0.25) is 0 Å². The van der Waals surface area contributed by atoms with Gasteiger partial charge in [0.1, 0.15) is 5.75 Å². The van der Waals surface area contributed by atoms with Crippen LogP contribution in [0.5, 0.6) is 5.75 Å². The Morgan fingerprint density at radius 3 is 2.25 bits per heavy atom. The monoisotopic (exact) mass is 330 g/mol. The third kappa shape index (κ3) is 4.33. The molecule has 2 aliphatic rings. The second-order valence-electron chi connectivity index (χ2n) is 7.96. The zero-order valence-electron chi connectivity index (χ0n) is 15.3. The highest BCUT2D eigenvalue weighted by Gasteiger charge is 2.61. The van der Waals surface area contributed by atoms with E-state index in [1.807, 2.05) is 12.1 Å². The third-order valence-corrected chi connectivity index (χ3v) is 6.41. The molecule has 0 heterocycles. The molecule has 3 atom stereocenters. The van der Waals surface area contributed by atoms with Crippen LogP contribution in [0.25, 0.3) is 0 Å². The summed E-state index contributed by atoms with van der Waals surface area (Å²) in [6.45, 7) is 0. The fraction of sp³-hybridized carbons (Fsp3) is 0.727. The van der Waals surface area contributed by atoms with Crippen molar-refractivity contribution >= 4 is 0 Å². The molecule has 0 amide bonds. The van der Waals surface area contributed by atoms with Crippen LogP contribution < -0.4 is 4.74 Å². The summed E-state index contributed by atoms with van der Waals surface area (Å²) in [6, 6.07) is 8.42. The van der Waals surface area contributed by atoms with Gasteiger partial charge in [0.25, 0.3) is 0 Å². The van der Waals surface area contributed by atoms with Gasteiger partial charge in [0.15, 0.2) is 0 Å². The van der Waals surface area contributed by atoms with Crippen molar-refractivity contribution in [3.8, 4) is 5.75 Å². The highest BCUT2D eigenvalue weighted by atomic mass is 16.5. The molecule has 0 radical (unpaired) electrons. The minimum atomic E-state index is -0.342. The van der Waals surface area contributed by atoms with Crippen LogP contribution in [0.15, 0.2) is 24.3 Å². The average molecular weight is 331 g/mol. The second kappa shape index (κ2) is 8.38. The lowest BCUT2D eigenvalue weighted by atomic mass is 9.99. The molecule has 134 valence electrons. The van der Waals surface area contributed by atoms with Crippen molar-refractivity contribution in [3.05, 3.63) is 29.8 Å². The van der Waals surface area contributed by atoms with E-state index in [1.165, 1.54) is 63.4 Å². The number of rotatable bonds is 4. The molecule has 3 rings (SSSR count). The van der Waals surface area contributed by atoms with Crippen LogP contribution >= 0.6 is 0 Å². The molecule has 1 N–H and O–H groups in total. The van der Waals surface area contributed by atoms with E-state index in [9.17, 15) is 5.11 Å². The van der Waals surface area contributed by atoms with Crippen LogP contribution in [-0.4, -0.2) is 17.8 Å². The van der Waals surface area contributed by atoms with Crippen LogP contribution in [0, 0.1) is 11.8 Å². The molecule has 0 spiro atoms. The first-order chi connectivity index (χ1) is 11.7. The summed E-state index contributed by atoms with van der Waals surface area (Å²) in [7, 11) is 1.71. The molecule has 2 nitrogen and oxygen atoms in total. The number of hydrogen-bond acceptors (Lipinski definition) is 2. The Hall–Kier alpha value is -1.02. The lowest BCUT2D eigenvalue weighted by molar-refractivity contribution is 0.101. The topological polar surface area (TPSA) is 29.5 Å². The maximum atomic E-state index is 11.1. The number of fused-ring (bicyclic) bond motifs is 1. The molecule has 1 aromatic rings. The lowest BCUT2D eigenvalue weighted by Crippen LogP contribution is -2.13. The predicted octanol–water partition coefficient (Wildman–Crippen LogP) is 5.52. The molecule has 0 aromatic heterocycles. The van der Waals surface area contributed by atoms with E-state index in [-0.39, 0.29) is 5.60 Å². The number of aliphatic hydroxyl groups is 1. The van der Waals surface area contributed by atoms with Crippen molar-refractivity contribution in [2.45, 2.75) is 82.7 Å². The van der Waals surface area contributed by atoms with E-state index in [4.69, 9.17) is 4.74 Å². The molecular weight excluding hydrogens is 296 g/mol. The molecule has 2 heteroatoms. The van der Waals surface area contributed by atoms with Crippen LogP contribution in [-0.2, 0) is 6.42 Å². The van der Waals surface area contributed by atoms with E-state index >= 15 is 0 Å². The molecule has 1 aromatic carbocycles. The Kier molecular flexibility index (Phi) is 6.21. The van der Waals surface area contributed by atoms with Gasteiger partial charge in [-0.1, -0.05) is 63.5 Å². The van der Waals surface area contributed by atoms with E-state index < -0.39 is 0 Å². The van der Waals surface area contributed by atoms with E-state index in [0.717, 1.165) is 25.0 Å². The number of benzene rings is 1. The van der Waals surface area contributed by atoms with Crippen molar-refractivity contribution < 1.29 is 9.84 Å². The molecule has 2 fully saturated rings. The minimum Gasteiger partial charge on any atom is -0.497 e. The maximum absolute atomic E-state index is 11.1. The summed E-state index contributed by atoms with van der Waals surface area (Å²) in [5.74, 6) is 2.01. The Bertz CT molecular complexity index is 495. The van der Waals surface area contributed by atoms with Gasteiger partial charge in [-0.25, -0.2) is 0 Å². The largest absolute Gasteiger partial charge is 0.497 e. The SMILES string of the molecule is COc1ccc(CCC2C3CCCCCCCCCCC32O)cc1. The fourth-order valence-electron chi connectivity index (χ4n) is 4.81. The average Bonchev–Trinajstić information content (AvgIpc) is 3.16. The van der Waals surface area contributed by atoms with E-state index in [1.54, 1.807) is 7.11 Å². The van der Waals surface area contributed by atoms with Crippen molar-refractivity contribution in [2.75, 3.05) is 7.11 Å². The summed E-state index contributed by atoms with van der Waals surface area (Å²) < 4.78 is 5.23. The number of hydrogen-bond donors (Lipinski definition) is 1. The molecule has 2 aliphatic carbocycles. The second-order valence-corrected chi connectivity index (χ2v) is 7.96. The van der Waals surface area contributed by atoms with Gasteiger partial charge in [-0.3, -0.25) is 0 Å². The molecule has 2 saturated carbocycles. The number of methoxy groups -OCH3 is 1. The Labute approximate surface area is 147 Å². The molecule has 0 bridgehead atoms. The first-order valence-corrected chi connectivity index (χ1v) is 10.1. The van der Waals surface area contributed by atoms with Crippen LogP contribution in [0.2, 0.25) is 0 Å². The summed E-state index contributed by atoms with van der Waals surface area (Å²) in [5.41, 5.74) is 1.02. The van der Waals surface area contributed by atoms with Crippen LogP contribution in [0.3, 0.4) is 0 Å². The van der Waals surface area contributed by atoms with Gasteiger partial charge in [-0.15, -0.1) is 0 Å². The zero-order valence-corrected chi connectivity index (χ0v) is 15.3. The highest BCUT2D eigenvalue weighted by Crippen LogP contribution is 2.58. The van der Waals surface area contributed by atoms with Crippen LogP contribution in [0.1, 0.15) is 76.2 Å². The van der Waals surface area contributed by atoms with Gasteiger partial charge < -0.3 is 9.84 Å². The number of ether oxygens (including phenoxy) is 1. The standard InChI is InChI=1S/C22H34O2/c1-24-19-14-11-18(12-15-19)13-16-21-20-10-8-6-4-2-3-5-7-9-17-22(20,21)23/h11-12,14-15,20-21,23H,2-10,13,16-17H2,1H3. The summed E-state index contributed by atoms with van der Waals surface area (Å²) in [4.78, 5) is 0. The van der Waals surface area contributed by atoms with Crippen molar-refractivity contribution in [3.63, 3.8) is 0 Å². The Morgan fingerprint density at radius 1 is 0.958 bits per heavy atom. The van der Waals surface area contributed by atoms with E-state index in [0.29, 0.717) is 11.8 Å². The summed E-state index contributed by atoms with van der Waals surface area (Å²) in [6.07, 6.45) is 15.2. The first-order valence-electron chi connectivity index (χ1n) is 10.1. The lowest BCUT2D eigenvalue weighted by Gasteiger charge is -2.12. The van der Waals surface area contributed by atoms with Crippen molar-refractivity contribution in [1.82, 2.24) is 0 Å². The Balaban J connectivity index is 1.53. The van der Waals surface area contributed by atoms with E-state index in [2.05, 4.69) is 12.1 Å². The van der Waals surface area contributed by atoms with Crippen LogP contribution in [0.4, 0.5) is 0 Å². The highest BCUT2D eigenvalue weighted by molar-refractivity contribution is 5.27. The maximum Gasteiger partial charge on any atom is 0.118 e. The minimum absolute atomic E-state index is 0.342. The zero-order chi connectivity index (χ0) is 16.8. The normalized spacial score (nSPS) is 31.4. The summed E-state index contributed by atoms with van der Waals surface area (Å²) >= 11 is 0. The van der Waals surface area contributed by atoms with Gasteiger partial charge in [-0.05, 0) is 55.2 Å². The Morgan fingerprint density at radius 2 is 1.58 bits per heavy atom. The first kappa shape index (κ1) is 17.8. The molecule has 3 unspecified atom stereocenters. The summed E-state index contributed by atoms with van der Waals surface area (Å²) in [5, 5.41) is 11.1. The van der Waals surface area contributed by atoms with Gasteiger partial charge >= 0.3 is 0 Å². The fourth-order valence-corrected chi connectivity index (χ4v) is 4.81. The van der Waals surface area contributed by atoms with Crippen molar-refractivity contribution in [2.24, 2.45) is 11.8 Å². The van der Waals surface area contributed by atoms with Crippen molar-refractivity contribution in [1.29, 1.82) is 0 Å². The molecule has 0 aliphatic heterocycles. The van der Waals surface area contributed by atoms with Gasteiger partial charge in [-0.2, -0.15) is 0 Å². The quantitative estimate of drug-likeness (QED) is 0.787. The third-order valence-electron chi connectivity index (χ3n) is 6.41.